The number of hydrogen-bond donors (Lipinski definition) is 1. The monoisotopic (exact) mass is 282 g/mol. The Balaban J connectivity index is 1.60. The second-order valence-electron chi connectivity index (χ2n) is 5.57. The Kier molecular flexibility index (Phi) is 4.41. The third-order valence-corrected chi connectivity index (χ3v) is 3.98. The van der Waals surface area contributed by atoms with E-state index in [0.717, 1.165) is 37.3 Å². The number of nitrogens with zero attached hydrogens (tertiary/aromatic N) is 1. The van der Waals surface area contributed by atoms with Crippen LogP contribution in [-0.4, -0.2) is 19.2 Å². The van der Waals surface area contributed by atoms with E-state index in [4.69, 9.17) is 10.5 Å². The van der Waals surface area contributed by atoms with E-state index in [-0.39, 0.29) is 6.10 Å². The summed E-state index contributed by atoms with van der Waals surface area (Å²) in [5.74, 6) is 0. The van der Waals surface area contributed by atoms with Crippen LogP contribution in [0.3, 0.4) is 0 Å². The minimum atomic E-state index is 0.276. The summed E-state index contributed by atoms with van der Waals surface area (Å²) in [5, 5.41) is 0. The van der Waals surface area contributed by atoms with Gasteiger partial charge in [0, 0.05) is 13.1 Å². The number of piperidine rings is 1. The van der Waals surface area contributed by atoms with E-state index in [0.29, 0.717) is 6.61 Å². The first-order valence-electron chi connectivity index (χ1n) is 7.58. The Bertz CT molecular complexity index is 570. The van der Waals surface area contributed by atoms with E-state index in [1.54, 1.807) is 0 Å². The first-order chi connectivity index (χ1) is 10.3. The maximum atomic E-state index is 6.08. The highest BCUT2D eigenvalue weighted by Gasteiger charge is 2.21. The molecule has 1 fully saturated rings. The van der Waals surface area contributed by atoms with Crippen LogP contribution in [-0.2, 0) is 11.3 Å². The normalized spacial score (nSPS) is 18.7. The molecule has 2 aromatic carbocycles. The van der Waals surface area contributed by atoms with E-state index in [1.165, 1.54) is 5.56 Å². The van der Waals surface area contributed by atoms with E-state index in [1.807, 2.05) is 24.3 Å². The van der Waals surface area contributed by atoms with Crippen molar-refractivity contribution in [2.24, 2.45) is 0 Å². The molecule has 110 valence electrons. The van der Waals surface area contributed by atoms with Crippen LogP contribution in [0.5, 0.6) is 0 Å². The number of nitrogen functional groups attached to an aromatic ring is 1. The molecule has 21 heavy (non-hydrogen) atoms. The predicted octanol–water partition coefficient (Wildman–Crippen LogP) is 3.45. The van der Waals surface area contributed by atoms with Crippen molar-refractivity contribution in [2.45, 2.75) is 25.6 Å². The van der Waals surface area contributed by atoms with Crippen LogP contribution >= 0.6 is 0 Å². The average Bonchev–Trinajstić information content (AvgIpc) is 2.55. The van der Waals surface area contributed by atoms with Crippen molar-refractivity contribution in [1.82, 2.24) is 0 Å². The third kappa shape index (κ3) is 3.56. The smallest absolute Gasteiger partial charge is 0.0755 e. The molecule has 0 radical (unpaired) electrons. The lowest BCUT2D eigenvalue weighted by Crippen LogP contribution is -2.40. The summed E-state index contributed by atoms with van der Waals surface area (Å²) in [6, 6.07) is 18.4. The average molecular weight is 282 g/mol. The van der Waals surface area contributed by atoms with Gasteiger partial charge in [0.05, 0.1) is 24.1 Å². The minimum absolute atomic E-state index is 0.276. The molecule has 0 aliphatic carbocycles. The van der Waals surface area contributed by atoms with Gasteiger partial charge in [-0.15, -0.1) is 0 Å². The van der Waals surface area contributed by atoms with Crippen LogP contribution in [0.2, 0.25) is 0 Å². The molecule has 3 heteroatoms. The lowest BCUT2D eigenvalue weighted by molar-refractivity contribution is 0.0316. The number of anilines is 2. The number of ether oxygens (including phenoxy) is 1. The van der Waals surface area contributed by atoms with Crippen molar-refractivity contribution >= 4 is 11.4 Å². The first-order valence-corrected chi connectivity index (χ1v) is 7.58. The molecular formula is C18H22N2O. The van der Waals surface area contributed by atoms with Crippen molar-refractivity contribution in [3.05, 3.63) is 60.2 Å². The molecule has 0 aromatic heterocycles. The fourth-order valence-corrected chi connectivity index (χ4v) is 2.86. The lowest BCUT2D eigenvalue weighted by Gasteiger charge is -2.35. The molecule has 1 aliphatic rings. The molecule has 0 spiro atoms. The zero-order chi connectivity index (χ0) is 14.5. The summed E-state index contributed by atoms with van der Waals surface area (Å²) < 4.78 is 6.08. The maximum absolute atomic E-state index is 6.08. The molecule has 1 aliphatic heterocycles. The van der Waals surface area contributed by atoms with Gasteiger partial charge in [-0.3, -0.25) is 0 Å². The predicted molar refractivity (Wildman–Crippen MR) is 87.3 cm³/mol. The third-order valence-electron chi connectivity index (χ3n) is 3.98. The zero-order valence-corrected chi connectivity index (χ0v) is 12.2. The van der Waals surface area contributed by atoms with Gasteiger partial charge in [0.2, 0.25) is 0 Å². The largest absolute Gasteiger partial charge is 0.397 e. The molecule has 1 saturated heterocycles. The SMILES string of the molecule is Nc1ccccc1N1CCCC(OCc2ccccc2)C1. The van der Waals surface area contributed by atoms with E-state index >= 15 is 0 Å². The summed E-state index contributed by atoms with van der Waals surface area (Å²) in [4.78, 5) is 2.34. The highest BCUT2D eigenvalue weighted by molar-refractivity contribution is 5.67. The number of rotatable bonds is 4. The standard InChI is InChI=1S/C18H22N2O/c19-17-10-4-5-11-18(17)20-12-6-9-16(13-20)21-14-15-7-2-1-3-8-15/h1-5,7-8,10-11,16H,6,9,12-14,19H2. The Labute approximate surface area is 126 Å². The number of benzene rings is 2. The quantitative estimate of drug-likeness (QED) is 0.873. The lowest BCUT2D eigenvalue weighted by atomic mass is 10.1. The van der Waals surface area contributed by atoms with E-state index in [9.17, 15) is 0 Å². The van der Waals surface area contributed by atoms with Gasteiger partial charge in [-0.25, -0.2) is 0 Å². The number of hydrogen-bond acceptors (Lipinski definition) is 3. The van der Waals surface area contributed by atoms with Gasteiger partial charge >= 0.3 is 0 Å². The van der Waals surface area contributed by atoms with Gasteiger partial charge in [0.15, 0.2) is 0 Å². The van der Waals surface area contributed by atoms with Crippen LogP contribution in [0.25, 0.3) is 0 Å². The Morgan fingerprint density at radius 1 is 1.05 bits per heavy atom. The number of nitrogens with two attached hydrogens (primary N) is 1. The summed E-state index contributed by atoms with van der Waals surface area (Å²) in [6.07, 6.45) is 2.54. The molecule has 2 aromatic rings. The van der Waals surface area contributed by atoms with E-state index < -0.39 is 0 Å². The molecule has 0 saturated carbocycles. The summed E-state index contributed by atoms with van der Waals surface area (Å²) in [5.41, 5.74) is 9.29. The maximum Gasteiger partial charge on any atom is 0.0755 e. The molecule has 0 amide bonds. The van der Waals surface area contributed by atoms with Gasteiger partial charge in [0.25, 0.3) is 0 Å². The van der Waals surface area contributed by atoms with Crippen LogP contribution in [0.15, 0.2) is 54.6 Å². The van der Waals surface area contributed by atoms with Gasteiger partial charge in [-0.1, -0.05) is 42.5 Å². The van der Waals surface area contributed by atoms with E-state index in [2.05, 4.69) is 35.2 Å². The Morgan fingerprint density at radius 3 is 2.62 bits per heavy atom. The summed E-state index contributed by atoms with van der Waals surface area (Å²) in [7, 11) is 0. The van der Waals surface area contributed by atoms with Crippen molar-refractivity contribution in [3.8, 4) is 0 Å². The van der Waals surface area contributed by atoms with Crippen LogP contribution in [0.1, 0.15) is 18.4 Å². The fourth-order valence-electron chi connectivity index (χ4n) is 2.86. The molecule has 3 rings (SSSR count). The van der Waals surface area contributed by atoms with Crippen molar-refractivity contribution in [3.63, 3.8) is 0 Å². The number of para-hydroxylation sites is 2. The van der Waals surface area contributed by atoms with Gasteiger partial charge in [-0.2, -0.15) is 0 Å². The minimum Gasteiger partial charge on any atom is -0.397 e. The van der Waals surface area contributed by atoms with Crippen molar-refractivity contribution in [1.29, 1.82) is 0 Å². The second kappa shape index (κ2) is 6.64. The Morgan fingerprint density at radius 2 is 1.81 bits per heavy atom. The molecule has 2 N–H and O–H groups in total. The fraction of sp³-hybridized carbons (Fsp3) is 0.333. The van der Waals surface area contributed by atoms with Crippen LogP contribution < -0.4 is 10.6 Å². The van der Waals surface area contributed by atoms with Gasteiger partial charge < -0.3 is 15.4 Å². The molecule has 0 bridgehead atoms. The molecule has 1 atom stereocenters. The summed E-state index contributed by atoms with van der Waals surface area (Å²) >= 11 is 0. The van der Waals surface area contributed by atoms with Gasteiger partial charge in [-0.05, 0) is 30.5 Å². The van der Waals surface area contributed by atoms with Crippen LogP contribution in [0, 0.1) is 0 Å². The molecular weight excluding hydrogens is 260 g/mol. The van der Waals surface area contributed by atoms with Crippen LogP contribution in [0.4, 0.5) is 11.4 Å². The highest BCUT2D eigenvalue weighted by atomic mass is 16.5. The summed E-state index contributed by atoms with van der Waals surface area (Å²) in [6.45, 7) is 2.66. The molecule has 1 unspecified atom stereocenters. The van der Waals surface area contributed by atoms with Crippen molar-refractivity contribution < 1.29 is 4.74 Å². The highest BCUT2D eigenvalue weighted by Crippen LogP contribution is 2.26. The molecule has 1 heterocycles. The first kappa shape index (κ1) is 14.0. The Hall–Kier alpha value is -2.00. The molecule has 3 nitrogen and oxygen atoms in total. The zero-order valence-electron chi connectivity index (χ0n) is 12.2. The van der Waals surface area contributed by atoms with Crippen molar-refractivity contribution in [2.75, 3.05) is 23.7 Å². The van der Waals surface area contributed by atoms with Gasteiger partial charge in [0.1, 0.15) is 0 Å². The topological polar surface area (TPSA) is 38.5 Å². The second-order valence-corrected chi connectivity index (χ2v) is 5.57.